The van der Waals surface area contributed by atoms with Crippen molar-refractivity contribution in [1.82, 2.24) is 14.9 Å². The van der Waals surface area contributed by atoms with Gasteiger partial charge in [-0.1, -0.05) is 18.9 Å². The predicted octanol–water partition coefficient (Wildman–Crippen LogP) is 1.57. The first kappa shape index (κ1) is 13.7. The molecule has 17 heavy (non-hydrogen) atoms. The molecule has 4 heteroatoms. The lowest BCUT2D eigenvalue weighted by Crippen LogP contribution is -2.39. The molecule has 3 nitrogen and oxygen atoms in total. The molecule has 0 aromatic rings. The Morgan fingerprint density at radius 2 is 2.06 bits per heavy atom. The summed E-state index contributed by atoms with van der Waals surface area (Å²) in [6.45, 7) is 9.86. The van der Waals surface area contributed by atoms with Gasteiger partial charge in [0.1, 0.15) is 0 Å². The lowest BCUT2D eigenvalue weighted by Gasteiger charge is -2.33. The minimum atomic E-state index is 0.909. The molecule has 2 rings (SSSR count). The molecule has 0 saturated carbocycles. The van der Waals surface area contributed by atoms with Gasteiger partial charge in [-0.2, -0.15) is 0 Å². The Morgan fingerprint density at radius 1 is 1.24 bits per heavy atom. The van der Waals surface area contributed by atoms with E-state index in [0.29, 0.717) is 0 Å². The first-order chi connectivity index (χ1) is 8.38. The third kappa shape index (κ3) is 4.78. The molecule has 0 aromatic heterocycles. The third-order valence-electron chi connectivity index (χ3n) is 4.00. The molecule has 1 atom stereocenters. The van der Waals surface area contributed by atoms with E-state index in [0.717, 1.165) is 11.8 Å². The van der Waals surface area contributed by atoms with Crippen LogP contribution in [0.4, 0.5) is 0 Å². The Bertz CT molecular complexity index is 199. The molecule has 0 spiro atoms. The fourth-order valence-electron chi connectivity index (χ4n) is 2.89. The van der Waals surface area contributed by atoms with Crippen LogP contribution in [0.15, 0.2) is 0 Å². The highest BCUT2D eigenvalue weighted by Gasteiger charge is 2.22. The molecule has 2 aliphatic heterocycles. The molecule has 1 unspecified atom stereocenters. The summed E-state index contributed by atoms with van der Waals surface area (Å²) < 4.78 is 3.48. The van der Waals surface area contributed by atoms with Gasteiger partial charge in [0.2, 0.25) is 0 Å². The second-order valence-electron chi connectivity index (χ2n) is 5.38. The number of rotatable bonds is 6. The molecule has 100 valence electrons. The van der Waals surface area contributed by atoms with Gasteiger partial charge in [0.25, 0.3) is 0 Å². The van der Waals surface area contributed by atoms with Crippen LogP contribution in [0, 0.1) is 11.8 Å². The maximum Gasteiger partial charge on any atom is 0.00878 e. The maximum absolute atomic E-state index is 3.48. The molecular weight excluding hydrogens is 230 g/mol. The van der Waals surface area contributed by atoms with E-state index in [-0.39, 0.29) is 0 Å². The zero-order valence-corrected chi connectivity index (χ0v) is 11.9. The van der Waals surface area contributed by atoms with Crippen molar-refractivity contribution < 1.29 is 0 Å². The summed E-state index contributed by atoms with van der Waals surface area (Å²) in [6.07, 6.45) is 4.16. The van der Waals surface area contributed by atoms with E-state index in [2.05, 4.69) is 21.9 Å². The van der Waals surface area contributed by atoms with Crippen molar-refractivity contribution in [1.29, 1.82) is 0 Å². The zero-order valence-electron chi connectivity index (χ0n) is 11.1. The fraction of sp³-hybridized carbons (Fsp3) is 1.00. The predicted molar refractivity (Wildman–Crippen MR) is 76.3 cm³/mol. The summed E-state index contributed by atoms with van der Waals surface area (Å²) in [5.74, 6) is 3.00. The summed E-state index contributed by atoms with van der Waals surface area (Å²) in [5, 5.41) is 3.47. The van der Waals surface area contributed by atoms with Crippen LogP contribution in [0.25, 0.3) is 0 Å². The monoisotopic (exact) mass is 257 g/mol. The highest BCUT2D eigenvalue weighted by atomic mass is 32.2. The minimum Gasteiger partial charge on any atom is -0.316 e. The van der Waals surface area contributed by atoms with E-state index in [1.165, 1.54) is 64.3 Å². The van der Waals surface area contributed by atoms with Crippen molar-refractivity contribution in [2.45, 2.75) is 26.2 Å². The Labute approximate surface area is 110 Å². The number of hydrogen-bond acceptors (Lipinski definition) is 4. The maximum atomic E-state index is 3.48. The van der Waals surface area contributed by atoms with Gasteiger partial charge in [-0.15, -0.1) is 0 Å². The summed E-state index contributed by atoms with van der Waals surface area (Å²) in [7, 11) is 0. The number of nitrogens with zero attached hydrogens (tertiary/aromatic N) is 1. The van der Waals surface area contributed by atoms with Crippen molar-refractivity contribution in [3.63, 3.8) is 0 Å². The molecule has 0 radical (unpaired) electrons. The SMILES string of the molecule is CCSNCC1CCN(CC2CCNC2)CC1. The van der Waals surface area contributed by atoms with E-state index < -0.39 is 0 Å². The highest BCUT2D eigenvalue weighted by molar-refractivity contribution is 7.97. The Kier molecular flexibility index (Phi) is 6.12. The van der Waals surface area contributed by atoms with Crippen molar-refractivity contribution in [3.05, 3.63) is 0 Å². The van der Waals surface area contributed by atoms with Crippen LogP contribution in [-0.4, -0.2) is 49.9 Å². The smallest absolute Gasteiger partial charge is 0.00878 e. The largest absolute Gasteiger partial charge is 0.316 e. The second kappa shape index (κ2) is 7.62. The van der Waals surface area contributed by atoms with Gasteiger partial charge >= 0.3 is 0 Å². The van der Waals surface area contributed by atoms with Gasteiger partial charge in [-0.3, -0.25) is 4.72 Å². The number of hydrogen-bond donors (Lipinski definition) is 2. The number of piperidine rings is 1. The summed E-state index contributed by atoms with van der Waals surface area (Å²) in [4.78, 5) is 2.68. The zero-order chi connectivity index (χ0) is 11.9. The van der Waals surface area contributed by atoms with Crippen molar-refractivity contribution in [3.8, 4) is 0 Å². The highest BCUT2D eigenvalue weighted by Crippen LogP contribution is 2.19. The van der Waals surface area contributed by atoms with Crippen LogP contribution >= 0.6 is 11.9 Å². The van der Waals surface area contributed by atoms with Crippen LogP contribution in [0.3, 0.4) is 0 Å². The number of nitrogens with one attached hydrogen (secondary N) is 2. The van der Waals surface area contributed by atoms with Gasteiger partial charge < -0.3 is 10.2 Å². The summed E-state index contributed by atoms with van der Waals surface area (Å²) in [5.41, 5.74) is 0. The van der Waals surface area contributed by atoms with Crippen LogP contribution in [-0.2, 0) is 0 Å². The van der Waals surface area contributed by atoms with E-state index in [1.54, 1.807) is 0 Å². The molecule has 2 aliphatic rings. The molecule has 2 heterocycles. The average Bonchev–Trinajstić information content (AvgIpc) is 2.85. The van der Waals surface area contributed by atoms with Gasteiger partial charge in [0.05, 0.1) is 0 Å². The van der Waals surface area contributed by atoms with E-state index in [1.807, 2.05) is 11.9 Å². The van der Waals surface area contributed by atoms with Crippen LogP contribution in [0.5, 0.6) is 0 Å². The molecular formula is C13H27N3S. The van der Waals surface area contributed by atoms with Gasteiger partial charge in [0, 0.05) is 18.8 Å². The van der Waals surface area contributed by atoms with Crippen LogP contribution in [0.2, 0.25) is 0 Å². The minimum absolute atomic E-state index is 0.909. The second-order valence-corrected chi connectivity index (χ2v) is 6.54. The average molecular weight is 257 g/mol. The summed E-state index contributed by atoms with van der Waals surface area (Å²) in [6, 6.07) is 0. The third-order valence-corrected chi connectivity index (χ3v) is 4.66. The molecule has 0 bridgehead atoms. The van der Waals surface area contributed by atoms with E-state index >= 15 is 0 Å². The van der Waals surface area contributed by atoms with Crippen molar-refractivity contribution in [2.75, 3.05) is 45.0 Å². The topological polar surface area (TPSA) is 27.3 Å². The van der Waals surface area contributed by atoms with Crippen LogP contribution in [0.1, 0.15) is 26.2 Å². The normalized spacial score (nSPS) is 27.7. The summed E-state index contributed by atoms with van der Waals surface area (Å²) >= 11 is 1.86. The first-order valence-electron chi connectivity index (χ1n) is 7.16. The number of likely N-dealkylation sites (tertiary alicyclic amines) is 1. The van der Waals surface area contributed by atoms with Gasteiger partial charge in [-0.05, 0) is 57.3 Å². The van der Waals surface area contributed by atoms with E-state index in [9.17, 15) is 0 Å². The Morgan fingerprint density at radius 3 is 2.71 bits per heavy atom. The first-order valence-corrected chi connectivity index (χ1v) is 8.14. The quantitative estimate of drug-likeness (QED) is 0.558. The molecule has 2 N–H and O–H groups in total. The molecule has 0 aromatic carbocycles. The Hall–Kier alpha value is 0.230. The van der Waals surface area contributed by atoms with Crippen molar-refractivity contribution >= 4 is 11.9 Å². The van der Waals surface area contributed by atoms with E-state index in [4.69, 9.17) is 0 Å². The van der Waals surface area contributed by atoms with Gasteiger partial charge in [0.15, 0.2) is 0 Å². The lowest BCUT2D eigenvalue weighted by atomic mass is 9.96. The lowest BCUT2D eigenvalue weighted by molar-refractivity contribution is 0.165. The molecule has 0 amide bonds. The fourth-order valence-corrected chi connectivity index (χ4v) is 3.45. The standard InChI is InChI=1S/C13H27N3S/c1-2-17-15-10-12-4-7-16(8-5-12)11-13-3-6-14-9-13/h12-15H,2-11H2,1H3. The van der Waals surface area contributed by atoms with Crippen LogP contribution < -0.4 is 10.0 Å². The van der Waals surface area contributed by atoms with Crippen molar-refractivity contribution in [2.24, 2.45) is 11.8 Å². The molecule has 0 aliphatic carbocycles. The Balaban J connectivity index is 1.57. The molecule has 2 saturated heterocycles. The molecule has 2 fully saturated rings. The van der Waals surface area contributed by atoms with Gasteiger partial charge in [-0.25, -0.2) is 0 Å².